The minimum absolute atomic E-state index is 0.109. The molecule has 0 saturated heterocycles. The van der Waals surface area contributed by atoms with Gasteiger partial charge < -0.3 is 10.2 Å². The van der Waals surface area contributed by atoms with Crippen molar-refractivity contribution < 1.29 is 0 Å². The van der Waals surface area contributed by atoms with Crippen LogP contribution in [0.5, 0.6) is 0 Å². The van der Waals surface area contributed by atoms with Gasteiger partial charge in [-0.25, -0.2) is 0 Å². The van der Waals surface area contributed by atoms with Crippen LogP contribution in [0.1, 0.15) is 5.56 Å². The third-order valence-electron chi connectivity index (χ3n) is 2.15. The molecule has 0 aliphatic carbocycles. The van der Waals surface area contributed by atoms with Crippen LogP contribution in [0.3, 0.4) is 0 Å². The van der Waals surface area contributed by atoms with Crippen molar-refractivity contribution in [3.05, 3.63) is 23.8 Å². The first-order valence-electron chi connectivity index (χ1n) is 3.92. The lowest BCUT2D eigenvalue weighted by Crippen LogP contribution is -2.25. The van der Waals surface area contributed by atoms with E-state index in [0.717, 1.165) is 5.69 Å². The minimum atomic E-state index is -0.109. The van der Waals surface area contributed by atoms with E-state index in [9.17, 15) is 0 Å². The number of rotatable bonds is 0. The standard InChI is InChI=1S/C9H11ClN2/c1-6-3-4-7-8(5-6)12(2)9(10)11-7/h3-5,9,11H,1-2H3. The molecule has 0 amide bonds. The van der Waals surface area contributed by atoms with Crippen LogP contribution < -0.4 is 10.2 Å². The van der Waals surface area contributed by atoms with Gasteiger partial charge in [-0.3, -0.25) is 0 Å². The summed E-state index contributed by atoms with van der Waals surface area (Å²) in [5.41, 5.74) is 3.44. The summed E-state index contributed by atoms with van der Waals surface area (Å²) in [4.78, 5) is 2.02. The SMILES string of the molecule is Cc1ccc2c(c1)N(C)C(Cl)N2. The topological polar surface area (TPSA) is 15.3 Å². The maximum absolute atomic E-state index is 6.00. The lowest BCUT2D eigenvalue weighted by atomic mass is 10.2. The van der Waals surface area contributed by atoms with E-state index in [1.807, 2.05) is 11.9 Å². The predicted molar refractivity (Wildman–Crippen MR) is 52.8 cm³/mol. The molecular formula is C9H11ClN2. The second-order valence-electron chi connectivity index (χ2n) is 3.11. The van der Waals surface area contributed by atoms with Crippen LogP contribution in [0.2, 0.25) is 0 Å². The largest absolute Gasteiger partial charge is 0.351 e. The van der Waals surface area contributed by atoms with Gasteiger partial charge in [0, 0.05) is 7.05 Å². The fraction of sp³-hybridized carbons (Fsp3) is 0.333. The predicted octanol–water partition coefficient (Wildman–Crippen LogP) is 2.38. The van der Waals surface area contributed by atoms with E-state index < -0.39 is 0 Å². The van der Waals surface area contributed by atoms with E-state index in [2.05, 4.69) is 30.4 Å². The highest BCUT2D eigenvalue weighted by Gasteiger charge is 2.22. The smallest absolute Gasteiger partial charge is 0.177 e. The molecule has 0 bridgehead atoms. The Kier molecular flexibility index (Phi) is 1.65. The third kappa shape index (κ3) is 1.03. The molecule has 2 rings (SSSR count). The number of halogens is 1. The molecule has 1 unspecified atom stereocenters. The van der Waals surface area contributed by atoms with Crippen molar-refractivity contribution in [2.45, 2.75) is 12.5 Å². The average Bonchev–Trinajstić information content (AvgIpc) is 2.31. The average molecular weight is 183 g/mol. The summed E-state index contributed by atoms with van der Waals surface area (Å²) in [5.74, 6) is 0. The number of nitrogens with zero attached hydrogens (tertiary/aromatic N) is 1. The number of alkyl halides is 1. The van der Waals surface area contributed by atoms with E-state index >= 15 is 0 Å². The summed E-state index contributed by atoms with van der Waals surface area (Å²) >= 11 is 6.00. The van der Waals surface area contributed by atoms with E-state index in [-0.39, 0.29) is 5.62 Å². The second-order valence-corrected chi connectivity index (χ2v) is 3.53. The highest BCUT2D eigenvalue weighted by Crippen LogP contribution is 2.34. The lowest BCUT2D eigenvalue weighted by Gasteiger charge is -2.15. The Morgan fingerprint density at radius 3 is 3.00 bits per heavy atom. The molecule has 0 spiro atoms. The summed E-state index contributed by atoms with van der Waals surface area (Å²) in [7, 11) is 1.98. The first-order chi connectivity index (χ1) is 5.68. The van der Waals surface area contributed by atoms with Crippen molar-refractivity contribution in [1.29, 1.82) is 0 Å². The summed E-state index contributed by atoms with van der Waals surface area (Å²) in [6, 6.07) is 6.27. The van der Waals surface area contributed by atoms with E-state index in [1.165, 1.54) is 11.3 Å². The molecule has 1 aliphatic rings. The Hall–Kier alpha value is -0.890. The molecule has 1 aliphatic heterocycles. The molecule has 1 N–H and O–H groups in total. The van der Waals surface area contributed by atoms with Gasteiger partial charge in [-0.05, 0) is 24.6 Å². The maximum atomic E-state index is 6.00. The molecule has 1 aromatic rings. The van der Waals surface area contributed by atoms with E-state index in [0.29, 0.717) is 0 Å². The summed E-state index contributed by atoms with van der Waals surface area (Å²) in [6.45, 7) is 2.08. The molecule has 1 atom stereocenters. The Bertz CT molecular complexity index is 311. The summed E-state index contributed by atoms with van der Waals surface area (Å²) in [5, 5.41) is 3.17. The van der Waals surface area contributed by atoms with Crippen LogP contribution in [0.4, 0.5) is 11.4 Å². The van der Waals surface area contributed by atoms with Gasteiger partial charge in [-0.2, -0.15) is 0 Å². The van der Waals surface area contributed by atoms with Crippen LogP contribution in [-0.4, -0.2) is 12.7 Å². The number of aryl methyl sites for hydroxylation is 1. The van der Waals surface area contributed by atoms with Crippen molar-refractivity contribution in [1.82, 2.24) is 0 Å². The molecule has 1 aromatic carbocycles. The van der Waals surface area contributed by atoms with Gasteiger partial charge >= 0.3 is 0 Å². The van der Waals surface area contributed by atoms with Crippen molar-refractivity contribution >= 4 is 23.0 Å². The van der Waals surface area contributed by atoms with E-state index in [1.54, 1.807) is 0 Å². The third-order valence-corrected chi connectivity index (χ3v) is 2.55. The van der Waals surface area contributed by atoms with Crippen LogP contribution in [0.25, 0.3) is 0 Å². The van der Waals surface area contributed by atoms with Crippen molar-refractivity contribution in [3.8, 4) is 0 Å². The number of hydrogen-bond acceptors (Lipinski definition) is 2. The highest BCUT2D eigenvalue weighted by atomic mass is 35.5. The molecule has 2 nitrogen and oxygen atoms in total. The summed E-state index contributed by atoms with van der Waals surface area (Å²) < 4.78 is 0. The molecule has 0 fully saturated rings. The van der Waals surface area contributed by atoms with Gasteiger partial charge in [0.1, 0.15) is 0 Å². The van der Waals surface area contributed by atoms with Crippen LogP contribution >= 0.6 is 11.6 Å². The zero-order valence-corrected chi connectivity index (χ0v) is 7.89. The van der Waals surface area contributed by atoms with Gasteiger partial charge in [0.25, 0.3) is 0 Å². The van der Waals surface area contributed by atoms with Gasteiger partial charge in [-0.1, -0.05) is 17.7 Å². The first-order valence-corrected chi connectivity index (χ1v) is 4.36. The van der Waals surface area contributed by atoms with Crippen LogP contribution in [-0.2, 0) is 0 Å². The molecule has 1 heterocycles. The molecule has 0 aromatic heterocycles. The fourth-order valence-corrected chi connectivity index (χ4v) is 1.63. The normalized spacial score (nSPS) is 20.6. The minimum Gasteiger partial charge on any atom is -0.351 e. The lowest BCUT2D eigenvalue weighted by molar-refractivity contribution is 0.960. The number of hydrogen-bond donors (Lipinski definition) is 1. The number of benzene rings is 1. The first kappa shape index (κ1) is 7.74. The number of fused-ring (bicyclic) bond motifs is 1. The molecule has 0 radical (unpaired) electrons. The Morgan fingerprint density at radius 2 is 2.25 bits per heavy atom. The number of anilines is 2. The fourth-order valence-electron chi connectivity index (χ4n) is 1.40. The Labute approximate surface area is 77.1 Å². The zero-order chi connectivity index (χ0) is 8.72. The molecule has 0 saturated carbocycles. The maximum Gasteiger partial charge on any atom is 0.177 e. The molecule has 64 valence electrons. The Balaban J connectivity index is 2.48. The van der Waals surface area contributed by atoms with Crippen molar-refractivity contribution in [2.75, 3.05) is 17.3 Å². The van der Waals surface area contributed by atoms with Crippen molar-refractivity contribution in [2.24, 2.45) is 0 Å². The number of nitrogens with one attached hydrogen (secondary N) is 1. The van der Waals surface area contributed by atoms with Gasteiger partial charge in [0.05, 0.1) is 11.4 Å². The van der Waals surface area contributed by atoms with Gasteiger partial charge in [0.2, 0.25) is 0 Å². The zero-order valence-electron chi connectivity index (χ0n) is 7.13. The molecule has 12 heavy (non-hydrogen) atoms. The van der Waals surface area contributed by atoms with Gasteiger partial charge in [-0.15, -0.1) is 0 Å². The monoisotopic (exact) mass is 182 g/mol. The molecule has 3 heteroatoms. The van der Waals surface area contributed by atoms with Crippen LogP contribution in [0.15, 0.2) is 18.2 Å². The molecular weight excluding hydrogens is 172 g/mol. The summed E-state index contributed by atoms with van der Waals surface area (Å²) in [6.07, 6.45) is 0. The van der Waals surface area contributed by atoms with E-state index in [4.69, 9.17) is 11.6 Å². The second kappa shape index (κ2) is 2.56. The Morgan fingerprint density at radius 1 is 1.50 bits per heavy atom. The van der Waals surface area contributed by atoms with Crippen LogP contribution in [0, 0.1) is 6.92 Å². The van der Waals surface area contributed by atoms with Gasteiger partial charge in [0.15, 0.2) is 5.62 Å². The van der Waals surface area contributed by atoms with Crippen molar-refractivity contribution in [3.63, 3.8) is 0 Å². The quantitative estimate of drug-likeness (QED) is 0.490. The highest BCUT2D eigenvalue weighted by molar-refractivity contribution is 6.24.